The molecule has 2 atom stereocenters. The summed E-state index contributed by atoms with van der Waals surface area (Å²) >= 11 is 0. The predicted octanol–water partition coefficient (Wildman–Crippen LogP) is 0.570. The maximum atomic E-state index is 11.3. The van der Waals surface area contributed by atoms with E-state index < -0.39 is 0 Å². The second-order valence-corrected chi connectivity index (χ2v) is 7.32. The van der Waals surface area contributed by atoms with Crippen LogP contribution in [0.15, 0.2) is 18.6 Å². The van der Waals surface area contributed by atoms with Crippen LogP contribution < -0.4 is 4.84 Å². The molecule has 0 N–H and O–H groups in total. The van der Waals surface area contributed by atoms with E-state index in [4.69, 9.17) is 4.84 Å². The maximum Gasteiger partial charge on any atom is 0.243 e. The average molecular weight is 328 g/mol. The first-order valence-corrected chi connectivity index (χ1v) is 8.53. The number of aromatic nitrogens is 5. The van der Waals surface area contributed by atoms with Gasteiger partial charge in [-0.25, -0.2) is 4.68 Å². The zero-order valence-electron chi connectivity index (χ0n) is 13.6. The lowest BCUT2D eigenvalue weighted by Crippen LogP contribution is -2.62. The Hall–Kier alpha value is -2.22. The molecule has 4 bridgehead atoms. The zero-order chi connectivity index (χ0) is 16.3. The summed E-state index contributed by atoms with van der Waals surface area (Å²) in [6.07, 6.45) is 7.66. The summed E-state index contributed by atoms with van der Waals surface area (Å²) in [5.74, 6) is 1.90. The van der Waals surface area contributed by atoms with Gasteiger partial charge in [0.05, 0.1) is 12.4 Å². The summed E-state index contributed by atoms with van der Waals surface area (Å²) in [5, 5.41) is 12.7. The number of hydrogen-bond donors (Lipinski definition) is 0. The second-order valence-electron chi connectivity index (χ2n) is 7.32. The van der Waals surface area contributed by atoms with Gasteiger partial charge in [0.15, 0.2) is 0 Å². The largest absolute Gasteiger partial charge is 0.377 e. The van der Waals surface area contributed by atoms with Crippen molar-refractivity contribution in [3.63, 3.8) is 0 Å². The lowest BCUT2D eigenvalue weighted by Gasteiger charge is -2.54. The Morgan fingerprint density at radius 1 is 1.17 bits per heavy atom. The molecule has 0 radical (unpaired) electrons. The summed E-state index contributed by atoms with van der Waals surface area (Å²) in [6, 6.07) is 0. The molecule has 8 heteroatoms. The van der Waals surface area contributed by atoms with Crippen molar-refractivity contribution >= 4 is 5.91 Å². The molecule has 2 aromatic rings. The van der Waals surface area contributed by atoms with Gasteiger partial charge < -0.3 is 9.74 Å². The van der Waals surface area contributed by atoms with Gasteiger partial charge in [-0.05, 0) is 23.7 Å². The minimum Gasteiger partial charge on any atom is -0.377 e. The standard InChI is InChI=1S/C16H20N6O2/c1-10(23)21-9-14(4-17-21)15-5-18-22(19-15)24-16-12-2-11-3-13(16)8-20(6-11)7-12/h4-5,9,11-13,16H,2-3,6-8H2,1H3. The normalized spacial score (nSPS) is 33.8. The number of rotatable bonds is 3. The Morgan fingerprint density at radius 2 is 1.96 bits per heavy atom. The highest BCUT2D eigenvalue weighted by molar-refractivity contribution is 5.76. The Labute approximate surface area is 139 Å². The smallest absolute Gasteiger partial charge is 0.243 e. The predicted molar refractivity (Wildman–Crippen MR) is 84.1 cm³/mol. The molecule has 0 aromatic carbocycles. The number of carbonyl (C=O) groups is 1. The number of hydrogen-bond acceptors (Lipinski definition) is 6. The van der Waals surface area contributed by atoms with Gasteiger partial charge in [0.2, 0.25) is 5.91 Å². The fraction of sp³-hybridized carbons (Fsp3) is 0.625. The van der Waals surface area contributed by atoms with E-state index in [-0.39, 0.29) is 12.0 Å². The van der Waals surface area contributed by atoms with E-state index in [1.54, 1.807) is 18.6 Å². The van der Waals surface area contributed by atoms with Crippen LogP contribution >= 0.6 is 0 Å². The number of nitrogens with zero attached hydrogens (tertiary/aromatic N) is 6. The van der Waals surface area contributed by atoms with Gasteiger partial charge in [-0.3, -0.25) is 4.79 Å². The van der Waals surface area contributed by atoms with E-state index in [9.17, 15) is 4.79 Å². The van der Waals surface area contributed by atoms with E-state index in [0.29, 0.717) is 17.5 Å². The van der Waals surface area contributed by atoms with Crippen molar-refractivity contribution in [3.05, 3.63) is 18.6 Å². The first kappa shape index (κ1) is 14.2. The summed E-state index contributed by atoms with van der Waals surface area (Å²) in [7, 11) is 0. The van der Waals surface area contributed by atoms with Crippen molar-refractivity contribution in [1.82, 2.24) is 29.8 Å². The van der Waals surface area contributed by atoms with Crippen LogP contribution in [-0.4, -0.2) is 61.5 Å². The molecule has 1 aliphatic carbocycles. The molecule has 1 saturated carbocycles. The van der Waals surface area contributed by atoms with E-state index in [1.807, 2.05) is 0 Å². The quantitative estimate of drug-likeness (QED) is 0.820. The molecule has 3 saturated heterocycles. The third-order valence-electron chi connectivity index (χ3n) is 5.59. The van der Waals surface area contributed by atoms with Gasteiger partial charge in [-0.1, -0.05) is 0 Å². The SMILES string of the molecule is CC(=O)n1cc(-c2cnn(OC3C4CC5CC3CN(C5)C4)n2)cn1. The van der Waals surface area contributed by atoms with Gasteiger partial charge in [-0.15, -0.1) is 10.2 Å². The van der Waals surface area contributed by atoms with Crippen molar-refractivity contribution in [3.8, 4) is 11.3 Å². The highest BCUT2D eigenvalue weighted by atomic mass is 16.7. The molecular formula is C16H20N6O2. The molecule has 24 heavy (non-hydrogen) atoms. The fourth-order valence-corrected chi connectivity index (χ4v) is 4.70. The van der Waals surface area contributed by atoms with E-state index >= 15 is 0 Å². The minimum atomic E-state index is -0.131. The molecule has 0 spiro atoms. The summed E-state index contributed by atoms with van der Waals surface area (Å²) in [5.41, 5.74) is 1.42. The minimum absolute atomic E-state index is 0.131. The first-order valence-electron chi connectivity index (χ1n) is 8.53. The van der Waals surface area contributed by atoms with Gasteiger partial charge >= 0.3 is 0 Å². The maximum absolute atomic E-state index is 11.3. The van der Waals surface area contributed by atoms with Crippen LogP contribution in [0.1, 0.15) is 24.6 Å². The highest BCUT2D eigenvalue weighted by Gasteiger charge is 2.49. The molecule has 3 aliphatic heterocycles. The van der Waals surface area contributed by atoms with Crippen LogP contribution in [0.2, 0.25) is 0 Å². The van der Waals surface area contributed by atoms with Gasteiger partial charge in [-0.2, -0.15) is 5.10 Å². The average Bonchev–Trinajstić information content (AvgIpc) is 3.19. The van der Waals surface area contributed by atoms with Crippen molar-refractivity contribution in [2.75, 3.05) is 19.6 Å². The van der Waals surface area contributed by atoms with Crippen LogP contribution in [0.25, 0.3) is 11.3 Å². The zero-order valence-corrected chi connectivity index (χ0v) is 13.6. The van der Waals surface area contributed by atoms with Crippen molar-refractivity contribution in [2.24, 2.45) is 17.8 Å². The molecule has 4 fully saturated rings. The topological polar surface area (TPSA) is 78.1 Å². The van der Waals surface area contributed by atoms with Crippen LogP contribution in [0, 0.1) is 17.8 Å². The van der Waals surface area contributed by atoms with E-state index in [0.717, 1.165) is 24.6 Å². The molecule has 2 aromatic heterocycles. The van der Waals surface area contributed by atoms with Crippen LogP contribution in [-0.2, 0) is 0 Å². The van der Waals surface area contributed by atoms with Gasteiger partial charge in [0.25, 0.3) is 0 Å². The molecule has 5 heterocycles. The summed E-state index contributed by atoms with van der Waals surface area (Å²) in [4.78, 5) is 21.4. The third-order valence-corrected chi connectivity index (χ3v) is 5.59. The fourth-order valence-electron chi connectivity index (χ4n) is 4.70. The highest BCUT2D eigenvalue weighted by Crippen LogP contribution is 2.43. The lowest BCUT2D eigenvalue weighted by molar-refractivity contribution is -0.155. The molecule has 0 amide bonds. The lowest BCUT2D eigenvalue weighted by atomic mass is 9.66. The molecule has 4 aliphatic rings. The van der Waals surface area contributed by atoms with E-state index in [2.05, 4.69) is 20.2 Å². The first-order chi connectivity index (χ1) is 11.7. The molecular weight excluding hydrogens is 308 g/mol. The number of carbonyl (C=O) groups excluding carboxylic acids is 1. The van der Waals surface area contributed by atoms with Crippen LogP contribution in [0.5, 0.6) is 0 Å². The molecule has 126 valence electrons. The van der Waals surface area contributed by atoms with Crippen molar-refractivity contribution in [2.45, 2.75) is 25.9 Å². The Balaban J connectivity index is 1.33. The molecule has 2 unspecified atom stereocenters. The molecule has 8 nitrogen and oxygen atoms in total. The monoisotopic (exact) mass is 328 g/mol. The van der Waals surface area contributed by atoms with E-state index in [1.165, 1.54) is 36.0 Å². The summed E-state index contributed by atoms with van der Waals surface area (Å²) in [6.45, 7) is 5.01. The Kier molecular flexibility index (Phi) is 3.03. The van der Waals surface area contributed by atoms with Crippen molar-refractivity contribution < 1.29 is 9.63 Å². The Bertz CT molecular complexity index is 753. The van der Waals surface area contributed by atoms with Gasteiger partial charge in [0.1, 0.15) is 11.8 Å². The molecule has 6 rings (SSSR count). The Morgan fingerprint density at radius 3 is 2.62 bits per heavy atom. The number of piperidine rings is 3. The van der Waals surface area contributed by atoms with Crippen LogP contribution in [0.3, 0.4) is 0 Å². The van der Waals surface area contributed by atoms with Crippen LogP contribution in [0.4, 0.5) is 0 Å². The van der Waals surface area contributed by atoms with Gasteiger partial charge in [0, 0.05) is 50.2 Å². The van der Waals surface area contributed by atoms with Crippen molar-refractivity contribution in [1.29, 1.82) is 0 Å². The summed E-state index contributed by atoms with van der Waals surface area (Å²) < 4.78 is 1.29. The second kappa shape index (κ2) is 5.14. The third kappa shape index (κ3) is 2.24.